The smallest absolute Gasteiger partial charge is 0.476 e. The second-order valence-electron chi connectivity index (χ2n) is 7.44. The lowest BCUT2D eigenvalue weighted by molar-refractivity contribution is -0.250. The first-order chi connectivity index (χ1) is 16.2. The maximum Gasteiger partial charge on any atom is 0.490 e. The van der Waals surface area contributed by atoms with Gasteiger partial charge >= 0.3 is 23.5 Å². The molecule has 18 nitrogen and oxygen atoms in total. The number of hydrogen-bond donors (Lipinski definition) is 6. The van der Waals surface area contributed by atoms with Gasteiger partial charge in [0.2, 0.25) is 17.7 Å². The molecule has 2 heterocycles. The van der Waals surface area contributed by atoms with E-state index in [0.29, 0.717) is 0 Å². The molecular weight excluding hydrogens is 556 g/mol. The van der Waals surface area contributed by atoms with Crippen LogP contribution in [0, 0.1) is 0 Å². The summed E-state index contributed by atoms with van der Waals surface area (Å²) in [5.41, 5.74) is 5.86. The summed E-state index contributed by atoms with van der Waals surface area (Å²) < 4.78 is 73.8. The van der Waals surface area contributed by atoms with E-state index in [2.05, 4.69) is 28.1 Å². The summed E-state index contributed by atoms with van der Waals surface area (Å²) in [6.45, 7) is 1.71. The summed E-state index contributed by atoms with van der Waals surface area (Å²) in [4.78, 5) is 48.2. The van der Waals surface area contributed by atoms with Crippen LogP contribution in [0.5, 0.6) is 5.88 Å². The van der Waals surface area contributed by atoms with Crippen LogP contribution >= 0.6 is 23.5 Å². The fourth-order valence-corrected chi connectivity index (χ4v) is 6.11. The van der Waals surface area contributed by atoms with Crippen molar-refractivity contribution in [2.75, 3.05) is 18.9 Å². The van der Waals surface area contributed by atoms with Crippen molar-refractivity contribution in [2.45, 2.75) is 31.3 Å². The molecule has 0 aliphatic rings. The first kappa shape index (κ1) is 30.8. The van der Waals surface area contributed by atoms with Crippen molar-refractivity contribution in [2.24, 2.45) is 0 Å². The molecule has 0 saturated carbocycles. The minimum absolute atomic E-state index is 0.0348. The molecule has 0 radical (unpaired) electrons. The lowest BCUT2D eigenvalue weighted by Crippen LogP contribution is -2.58. The number of nitrogens with zero attached hydrogens (tertiary/aromatic N) is 4. The fourth-order valence-electron chi connectivity index (χ4n) is 2.76. The Balaban J connectivity index is 2.32. The summed E-state index contributed by atoms with van der Waals surface area (Å²) >= 11 is 0. The molecule has 2 aromatic heterocycles. The van der Waals surface area contributed by atoms with Gasteiger partial charge in [0.1, 0.15) is 28.5 Å². The van der Waals surface area contributed by atoms with Crippen LogP contribution in [0.3, 0.4) is 0 Å². The lowest BCUT2D eigenvalue weighted by Gasteiger charge is -2.40. The van der Waals surface area contributed by atoms with Crippen molar-refractivity contribution in [3.63, 3.8) is 0 Å². The standard InChI is InChI=1S/C12H23B2FN5O13P3/c1-3-29-9-7-8(18-10(16)19-9)20(5-17-7)6(2)30-11(15,4-21)12(13,14)31-35(25,26)33-36(27,28)32-34(22,23)24/h5-6,21H,3-4,13-14H2,1-2H3,(H,25,26)(H,27,28)(H2,16,18,19)(H2,22,23,24)/t6-,11+/m1/s1. The number of alkyl halides is 1. The number of hydrogen-bond acceptors (Lipinski definition) is 13. The van der Waals surface area contributed by atoms with E-state index in [9.17, 15) is 28.6 Å². The van der Waals surface area contributed by atoms with Crippen LogP contribution in [0.4, 0.5) is 10.3 Å². The number of aliphatic hydroxyl groups is 1. The monoisotopic (exact) mass is 579 g/mol. The van der Waals surface area contributed by atoms with Crippen molar-refractivity contribution in [1.82, 2.24) is 19.5 Å². The predicted molar refractivity (Wildman–Crippen MR) is 122 cm³/mol. The van der Waals surface area contributed by atoms with Crippen molar-refractivity contribution in [1.29, 1.82) is 0 Å². The van der Waals surface area contributed by atoms with E-state index in [1.165, 1.54) is 17.8 Å². The maximum atomic E-state index is 15.8. The number of phosphoric acid groups is 3. The maximum absolute atomic E-state index is 15.8. The largest absolute Gasteiger partial charge is 0.490 e. The molecule has 202 valence electrons. The van der Waals surface area contributed by atoms with Gasteiger partial charge in [0.05, 0.1) is 18.3 Å². The number of aliphatic hydroxyl groups excluding tert-OH is 1. The number of nitrogens with two attached hydrogens (primary N) is 1. The third-order valence-electron chi connectivity index (χ3n) is 4.30. The molecular formula is C12H23B2FN5O13P3. The van der Waals surface area contributed by atoms with Crippen LogP contribution in [0.15, 0.2) is 6.33 Å². The van der Waals surface area contributed by atoms with Gasteiger partial charge in [-0.25, -0.2) is 23.1 Å². The van der Waals surface area contributed by atoms with Crippen LogP contribution < -0.4 is 10.5 Å². The first-order valence-corrected chi connectivity index (χ1v) is 14.2. The minimum Gasteiger partial charge on any atom is -0.476 e. The van der Waals surface area contributed by atoms with Crippen molar-refractivity contribution < 1.29 is 65.4 Å². The van der Waals surface area contributed by atoms with E-state index in [4.69, 9.17) is 25.0 Å². The summed E-state index contributed by atoms with van der Waals surface area (Å²) in [5.74, 6) is -3.48. The summed E-state index contributed by atoms with van der Waals surface area (Å²) in [7, 11) is -15.7. The molecule has 0 aliphatic heterocycles. The van der Waals surface area contributed by atoms with Gasteiger partial charge < -0.3 is 39.9 Å². The first-order valence-electron chi connectivity index (χ1n) is 9.70. The van der Waals surface area contributed by atoms with Gasteiger partial charge in [-0.3, -0.25) is 9.09 Å². The number of ether oxygens (including phenoxy) is 2. The molecule has 0 aromatic carbocycles. The van der Waals surface area contributed by atoms with Gasteiger partial charge in [-0.2, -0.15) is 18.6 Å². The highest BCUT2D eigenvalue weighted by molar-refractivity contribution is 7.66. The fraction of sp³-hybridized carbons (Fsp3) is 0.583. The minimum atomic E-state index is -5.87. The topological polar surface area (TPSA) is 268 Å². The van der Waals surface area contributed by atoms with E-state index in [0.717, 1.165) is 15.7 Å². The van der Waals surface area contributed by atoms with Gasteiger partial charge in [-0.15, -0.1) is 0 Å². The number of halogens is 1. The third-order valence-corrected chi connectivity index (χ3v) is 8.31. The van der Waals surface area contributed by atoms with E-state index in [-0.39, 0.29) is 29.6 Å². The molecule has 0 fully saturated rings. The second kappa shape index (κ2) is 10.7. The van der Waals surface area contributed by atoms with Crippen LogP contribution in [-0.4, -0.2) is 84.4 Å². The average Bonchev–Trinajstić information content (AvgIpc) is 3.07. The average molecular weight is 579 g/mol. The number of rotatable bonds is 13. The Morgan fingerprint density at radius 2 is 1.78 bits per heavy atom. The molecule has 0 aliphatic carbocycles. The number of aromatic nitrogens is 4. The normalized spacial score (nSPS) is 18.8. The zero-order chi connectivity index (χ0) is 27.7. The number of nitrogen functional groups attached to an aromatic ring is 1. The number of phosphoric ester groups is 1. The highest BCUT2D eigenvalue weighted by Gasteiger charge is 2.54. The lowest BCUT2D eigenvalue weighted by atomic mass is 9.61. The number of imidazole rings is 1. The quantitative estimate of drug-likeness (QED) is 0.114. The van der Waals surface area contributed by atoms with Crippen molar-refractivity contribution in [3.8, 4) is 5.88 Å². The van der Waals surface area contributed by atoms with Gasteiger partial charge in [0, 0.05) is 0 Å². The molecule has 0 spiro atoms. The van der Waals surface area contributed by atoms with Crippen LogP contribution in [0.1, 0.15) is 20.1 Å². The Hall–Kier alpha value is -1.46. The molecule has 24 heteroatoms. The van der Waals surface area contributed by atoms with E-state index < -0.39 is 47.6 Å². The Bertz CT molecular complexity index is 1250. The van der Waals surface area contributed by atoms with Gasteiger partial charge in [0.25, 0.3) is 0 Å². The molecule has 0 bridgehead atoms. The van der Waals surface area contributed by atoms with E-state index in [1.807, 2.05) is 0 Å². The third kappa shape index (κ3) is 7.54. The highest BCUT2D eigenvalue weighted by Crippen LogP contribution is 2.67. The Morgan fingerprint density at radius 3 is 2.31 bits per heavy atom. The van der Waals surface area contributed by atoms with Crippen molar-refractivity contribution >= 4 is 56.3 Å². The van der Waals surface area contributed by atoms with E-state index >= 15 is 4.39 Å². The molecule has 4 atom stereocenters. The molecule has 0 saturated heterocycles. The molecule has 0 amide bonds. The Morgan fingerprint density at radius 1 is 1.17 bits per heavy atom. The molecule has 7 N–H and O–H groups in total. The summed E-state index contributed by atoms with van der Waals surface area (Å²) in [6.07, 6.45) is -0.182. The van der Waals surface area contributed by atoms with Crippen LogP contribution in [0.2, 0.25) is 0 Å². The zero-order valence-corrected chi connectivity index (χ0v) is 21.8. The number of fused-ring (bicyclic) bond motifs is 1. The summed E-state index contributed by atoms with van der Waals surface area (Å²) in [6, 6.07) is 0. The zero-order valence-electron chi connectivity index (χ0n) is 19.2. The van der Waals surface area contributed by atoms with Crippen LogP contribution in [-0.2, 0) is 31.6 Å². The molecule has 2 rings (SSSR count). The molecule has 2 aromatic rings. The Labute approximate surface area is 204 Å². The highest BCUT2D eigenvalue weighted by atomic mass is 31.3. The SMILES string of the molecule is BC(B)(OP(=O)(O)OP(=O)(O)OP(=O)(O)O)[C@](F)(CO)O[C@H](C)n1cnc2c(OCC)nc(N)nc21. The summed E-state index contributed by atoms with van der Waals surface area (Å²) in [5, 5.41) is 7.10. The van der Waals surface area contributed by atoms with Crippen LogP contribution in [0.25, 0.3) is 11.2 Å². The van der Waals surface area contributed by atoms with Gasteiger partial charge in [0.15, 0.2) is 11.2 Å². The molecule has 36 heavy (non-hydrogen) atoms. The van der Waals surface area contributed by atoms with E-state index in [1.54, 1.807) is 6.92 Å². The van der Waals surface area contributed by atoms with Gasteiger partial charge in [-0.05, 0) is 13.8 Å². The second-order valence-corrected chi connectivity index (χ2v) is 11.8. The van der Waals surface area contributed by atoms with Crippen molar-refractivity contribution in [3.05, 3.63) is 6.33 Å². The molecule has 2 unspecified atom stereocenters. The van der Waals surface area contributed by atoms with Gasteiger partial charge in [-0.1, -0.05) is 0 Å². The predicted octanol–water partition coefficient (Wildman–Crippen LogP) is -1.74. The Kier molecular flexibility index (Phi) is 9.17. The number of anilines is 1.